The SMILES string of the molecule is CC(C)c1ccc(C(O)(c2cncc(-c3noc(C4CCN(C(=O)C(C)(C)C)CC4)n3)c2)C2(C)CN(C)C2)cc1. The molecule has 1 atom stereocenters. The number of likely N-dealkylation sites (tertiary alicyclic amines) is 2. The van der Waals surface area contributed by atoms with Crippen molar-refractivity contribution in [3.05, 3.63) is 65.3 Å². The quantitative estimate of drug-likeness (QED) is 0.455. The van der Waals surface area contributed by atoms with Crippen LogP contribution < -0.4 is 0 Å². The first-order chi connectivity index (χ1) is 18.8. The van der Waals surface area contributed by atoms with Gasteiger partial charge >= 0.3 is 0 Å². The highest BCUT2D eigenvalue weighted by atomic mass is 16.5. The third-order valence-electron chi connectivity index (χ3n) is 8.74. The van der Waals surface area contributed by atoms with Gasteiger partial charge in [-0.1, -0.05) is 71.0 Å². The first kappa shape index (κ1) is 28.4. The predicted octanol–water partition coefficient (Wildman–Crippen LogP) is 5.19. The Morgan fingerprint density at radius 3 is 2.30 bits per heavy atom. The van der Waals surface area contributed by atoms with Crippen LogP contribution in [0.1, 0.15) is 88.8 Å². The molecule has 2 fully saturated rings. The molecule has 8 nitrogen and oxygen atoms in total. The zero-order valence-corrected chi connectivity index (χ0v) is 24.9. The van der Waals surface area contributed by atoms with E-state index >= 15 is 0 Å². The zero-order valence-electron chi connectivity index (χ0n) is 24.9. The van der Waals surface area contributed by atoms with Gasteiger partial charge in [0.1, 0.15) is 5.60 Å². The van der Waals surface area contributed by atoms with Crippen LogP contribution in [0.25, 0.3) is 11.4 Å². The summed E-state index contributed by atoms with van der Waals surface area (Å²) in [6, 6.07) is 10.3. The Bertz CT molecular complexity index is 1350. The smallest absolute Gasteiger partial charge is 0.230 e. The topological polar surface area (TPSA) is 95.6 Å². The van der Waals surface area contributed by atoms with E-state index in [9.17, 15) is 9.90 Å². The van der Waals surface area contributed by atoms with Crippen LogP contribution in [-0.4, -0.2) is 69.2 Å². The number of piperidine rings is 1. The molecule has 214 valence electrons. The van der Waals surface area contributed by atoms with Crippen LogP contribution in [0.3, 0.4) is 0 Å². The van der Waals surface area contributed by atoms with Crippen molar-refractivity contribution in [2.24, 2.45) is 10.8 Å². The minimum absolute atomic E-state index is 0.113. The fraction of sp³-hybridized carbons (Fsp3) is 0.562. The summed E-state index contributed by atoms with van der Waals surface area (Å²) in [6.45, 7) is 15.3. The summed E-state index contributed by atoms with van der Waals surface area (Å²) in [4.78, 5) is 26.1. The van der Waals surface area contributed by atoms with E-state index in [0.717, 1.165) is 37.1 Å². The van der Waals surface area contributed by atoms with Crippen molar-refractivity contribution in [3.8, 4) is 11.4 Å². The second-order valence-corrected chi connectivity index (χ2v) is 13.5. The Kier molecular flexibility index (Phi) is 7.38. The summed E-state index contributed by atoms with van der Waals surface area (Å²) < 4.78 is 5.72. The Hall–Kier alpha value is -3.10. The summed E-state index contributed by atoms with van der Waals surface area (Å²) in [6.07, 6.45) is 5.06. The van der Waals surface area contributed by atoms with E-state index in [0.29, 0.717) is 36.3 Å². The van der Waals surface area contributed by atoms with Crippen molar-refractivity contribution < 1.29 is 14.4 Å². The number of hydrogen-bond acceptors (Lipinski definition) is 7. The standard InChI is InChI=1S/C32H43N5O3/c1-21(2)22-8-10-25(11-9-22)32(39,31(6)19-36(7)20-31)26-16-24(17-33-18-26)27-34-28(40-35-27)23-12-14-37(15-13-23)29(38)30(3,4)5/h8-11,16-18,21,23,39H,12-15,19-20H2,1-7H3. The molecule has 40 heavy (non-hydrogen) atoms. The van der Waals surface area contributed by atoms with Crippen molar-refractivity contribution >= 4 is 5.91 Å². The highest BCUT2D eigenvalue weighted by Gasteiger charge is 2.55. The molecule has 1 amide bonds. The molecule has 2 aliphatic rings. The van der Waals surface area contributed by atoms with Gasteiger partial charge in [0.15, 0.2) is 0 Å². The van der Waals surface area contributed by atoms with Crippen molar-refractivity contribution in [1.29, 1.82) is 0 Å². The number of hydrogen-bond donors (Lipinski definition) is 1. The lowest BCUT2D eigenvalue weighted by Gasteiger charge is -2.55. The number of amides is 1. The highest BCUT2D eigenvalue weighted by molar-refractivity contribution is 5.81. The fourth-order valence-corrected chi connectivity index (χ4v) is 6.43. The normalized spacial score (nSPS) is 19.9. The van der Waals surface area contributed by atoms with E-state index in [2.05, 4.69) is 67.1 Å². The van der Waals surface area contributed by atoms with Gasteiger partial charge in [0.2, 0.25) is 17.6 Å². The molecule has 0 aliphatic carbocycles. The minimum atomic E-state index is -1.24. The van der Waals surface area contributed by atoms with Gasteiger partial charge in [0, 0.05) is 66.4 Å². The maximum absolute atomic E-state index is 12.7. The molecule has 0 bridgehead atoms. The van der Waals surface area contributed by atoms with Gasteiger partial charge in [0.25, 0.3) is 0 Å². The first-order valence-corrected chi connectivity index (χ1v) is 14.4. The average molecular weight is 546 g/mol. The lowest BCUT2D eigenvalue weighted by atomic mass is 9.62. The Labute approximate surface area is 237 Å². The second kappa shape index (κ2) is 10.4. The number of rotatable bonds is 6. The molecule has 0 saturated carbocycles. The maximum Gasteiger partial charge on any atom is 0.230 e. The van der Waals surface area contributed by atoms with Gasteiger partial charge in [-0.15, -0.1) is 0 Å². The number of pyridine rings is 1. The number of carbonyl (C=O) groups is 1. The molecular formula is C32H43N5O3. The fourth-order valence-electron chi connectivity index (χ4n) is 6.43. The number of aliphatic hydroxyl groups is 1. The molecule has 1 aromatic carbocycles. The Morgan fingerprint density at radius 2 is 1.73 bits per heavy atom. The number of benzene rings is 1. The molecule has 2 aliphatic heterocycles. The second-order valence-electron chi connectivity index (χ2n) is 13.5. The minimum Gasteiger partial charge on any atom is -0.380 e. The maximum atomic E-state index is 12.7. The van der Waals surface area contributed by atoms with Crippen molar-refractivity contribution in [2.45, 2.75) is 71.8 Å². The molecule has 0 spiro atoms. The summed E-state index contributed by atoms with van der Waals surface area (Å²) in [5, 5.41) is 16.8. The Balaban J connectivity index is 1.41. The van der Waals surface area contributed by atoms with E-state index in [1.807, 2.05) is 31.7 Å². The highest BCUT2D eigenvalue weighted by Crippen LogP contribution is 2.50. The van der Waals surface area contributed by atoms with Crippen LogP contribution in [0.2, 0.25) is 0 Å². The molecule has 3 aromatic rings. The van der Waals surface area contributed by atoms with E-state index < -0.39 is 5.60 Å². The van der Waals surface area contributed by atoms with Gasteiger partial charge in [-0.25, -0.2) is 0 Å². The lowest BCUT2D eigenvalue weighted by molar-refractivity contribution is -0.140. The summed E-state index contributed by atoms with van der Waals surface area (Å²) in [5.74, 6) is 1.76. The summed E-state index contributed by atoms with van der Waals surface area (Å²) in [7, 11) is 2.07. The summed E-state index contributed by atoms with van der Waals surface area (Å²) >= 11 is 0. The van der Waals surface area contributed by atoms with E-state index in [-0.39, 0.29) is 22.7 Å². The molecule has 4 heterocycles. The molecule has 2 aromatic heterocycles. The van der Waals surface area contributed by atoms with Gasteiger partial charge in [-0.2, -0.15) is 4.98 Å². The molecule has 2 saturated heterocycles. The van der Waals surface area contributed by atoms with Crippen molar-refractivity contribution in [1.82, 2.24) is 24.9 Å². The molecule has 5 rings (SSSR count). The van der Waals surface area contributed by atoms with Gasteiger partial charge in [0.05, 0.1) is 0 Å². The Morgan fingerprint density at radius 1 is 1.07 bits per heavy atom. The molecule has 1 unspecified atom stereocenters. The molecule has 1 N–H and O–H groups in total. The van der Waals surface area contributed by atoms with Crippen LogP contribution >= 0.6 is 0 Å². The van der Waals surface area contributed by atoms with Crippen molar-refractivity contribution in [2.75, 3.05) is 33.2 Å². The number of aromatic nitrogens is 3. The molecule has 0 radical (unpaired) electrons. The number of carbonyl (C=O) groups excluding carboxylic acids is 1. The lowest BCUT2D eigenvalue weighted by Crippen LogP contribution is -2.63. The van der Waals surface area contributed by atoms with Crippen molar-refractivity contribution in [3.63, 3.8) is 0 Å². The van der Waals surface area contributed by atoms with Gasteiger partial charge in [-0.05, 0) is 43.0 Å². The zero-order chi connectivity index (χ0) is 28.9. The summed E-state index contributed by atoms with van der Waals surface area (Å²) in [5.41, 5.74) is 1.52. The van der Waals surface area contributed by atoms with Crippen LogP contribution in [0.4, 0.5) is 0 Å². The van der Waals surface area contributed by atoms with Crippen LogP contribution in [0.5, 0.6) is 0 Å². The van der Waals surface area contributed by atoms with Crippen LogP contribution in [-0.2, 0) is 10.4 Å². The van der Waals surface area contributed by atoms with Crippen LogP contribution in [0, 0.1) is 10.8 Å². The van der Waals surface area contributed by atoms with Gasteiger partial charge < -0.3 is 19.4 Å². The monoisotopic (exact) mass is 545 g/mol. The third-order valence-corrected chi connectivity index (χ3v) is 8.74. The first-order valence-electron chi connectivity index (χ1n) is 14.4. The third kappa shape index (κ3) is 5.07. The van der Waals surface area contributed by atoms with Crippen LogP contribution in [0.15, 0.2) is 47.2 Å². The van der Waals surface area contributed by atoms with Gasteiger partial charge in [-0.3, -0.25) is 9.78 Å². The average Bonchev–Trinajstić information content (AvgIpc) is 3.41. The van der Waals surface area contributed by atoms with E-state index in [1.54, 1.807) is 12.4 Å². The largest absolute Gasteiger partial charge is 0.380 e. The number of nitrogens with zero attached hydrogens (tertiary/aromatic N) is 5. The molecule has 8 heteroatoms. The predicted molar refractivity (Wildman–Crippen MR) is 155 cm³/mol. The molecular weight excluding hydrogens is 502 g/mol. The van der Waals surface area contributed by atoms with E-state index in [1.165, 1.54) is 5.56 Å². The van der Waals surface area contributed by atoms with E-state index in [4.69, 9.17) is 9.51 Å².